The molecule has 118 valence electrons. The molecular weight excluding hydrogens is 354 g/mol. The first-order valence-electron chi connectivity index (χ1n) is 4.89. The maximum Gasteiger partial charge on any atom is 0.460 e. The van der Waals surface area contributed by atoms with Crippen molar-refractivity contribution in [2.45, 2.75) is 18.0 Å². The van der Waals surface area contributed by atoms with Crippen LogP contribution in [-0.2, 0) is 4.79 Å². The highest BCUT2D eigenvalue weighted by Gasteiger charge is 2.76. The normalized spacial score (nSPS) is 13.2. The molecule has 0 aromatic heterocycles. The van der Waals surface area contributed by atoms with Gasteiger partial charge in [0, 0.05) is 5.69 Å². The zero-order chi connectivity index (χ0) is 16.6. The number of hydrogen-bond acceptors (Lipinski definition) is 1. The quantitative estimate of drug-likeness (QED) is 0.776. The van der Waals surface area contributed by atoms with Crippen molar-refractivity contribution in [1.29, 1.82) is 0 Å². The molecule has 0 saturated carbocycles. The van der Waals surface area contributed by atoms with Crippen LogP contribution in [0.25, 0.3) is 0 Å². The summed E-state index contributed by atoms with van der Waals surface area (Å²) >= 11 is 11.0. The van der Waals surface area contributed by atoms with Crippen LogP contribution < -0.4 is 5.32 Å². The molecule has 0 spiro atoms. The highest BCUT2D eigenvalue weighted by molar-refractivity contribution is 6.42. The second-order valence-electron chi connectivity index (χ2n) is 3.73. The van der Waals surface area contributed by atoms with E-state index in [1.807, 2.05) is 0 Å². The molecule has 11 heteroatoms. The van der Waals surface area contributed by atoms with Crippen LogP contribution in [0.4, 0.5) is 36.4 Å². The van der Waals surface area contributed by atoms with E-state index in [0.717, 1.165) is 18.2 Å². The van der Waals surface area contributed by atoms with E-state index < -0.39 is 29.6 Å². The Hall–Kier alpha value is -1.22. The lowest BCUT2D eigenvalue weighted by Gasteiger charge is -2.27. The van der Waals surface area contributed by atoms with Crippen LogP contribution in [0.3, 0.4) is 0 Å². The standard InChI is InChI=1S/C10H4Cl2F7NO/c11-5-2-1-4(3-6(5)12)20-7(21)8(13,14)9(15,16)10(17,18)19/h1-3H,(H,20,21). The van der Waals surface area contributed by atoms with Gasteiger partial charge in [-0.2, -0.15) is 30.7 Å². The van der Waals surface area contributed by atoms with Crippen LogP contribution >= 0.6 is 23.2 Å². The summed E-state index contributed by atoms with van der Waals surface area (Å²) in [6.07, 6.45) is -6.59. The molecule has 1 rings (SSSR count). The average molecular weight is 358 g/mol. The molecule has 1 amide bonds. The fourth-order valence-electron chi connectivity index (χ4n) is 1.10. The number of amides is 1. The minimum Gasteiger partial charge on any atom is -0.321 e. The maximum atomic E-state index is 13.0. The highest BCUT2D eigenvalue weighted by Crippen LogP contribution is 2.46. The van der Waals surface area contributed by atoms with Gasteiger partial charge in [0.1, 0.15) is 0 Å². The largest absolute Gasteiger partial charge is 0.460 e. The predicted octanol–water partition coefficient (Wildman–Crippen LogP) is 4.76. The second kappa shape index (κ2) is 5.53. The Balaban J connectivity index is 3.04. The van der Waals surface area contributed by atoms with Crippen molar-refractivity contribution in [2.75, 3.05) is 5.32 Å². The first-order valence-corrected chi connectivity index (χ1v) is 5.65. The third kappa shape index (κ3) is 3.34. The SMILES string of the molecule is O=C(Nc1ccc(Cl)c(Cl)c1)C(F)(F)C(F)(F)C(F)(F)F. The van der Waals surface area contributed by atoms with Gasteiger partial charge in [-0.3, -0.25) is 4.79 Å². The second-order valence-corrected chi connectivity index (χ2v) is 4.54. The van der Waals surface area contributed by atoms with Gasteiger partial charge in [-0.05, 0) is 18.2 Å². The summed E-state index contributed by atoms with van der Waals surface area (Å²) in [5.74, 6) is -15.4. The van der Waals surface area contributed by atoms with Gasteiger partial charge < -0.3 is 5.32 Å². The Morgan fingerprint density at radius 3 is 1.90 bits per heavy atom. The van der Waals surface area contributed by atoms with Gasteiger partial charge >= 0.3 is 23.9 Å². The Bertz CT molecular complexity index is 559. The highest BCUT2D eigenvalue weighted by atomic mass is 35.5. The number of nitrogens with one attached hydrogen (secondary N) is 1. The number of carbonyl (C=O) groups excluding carboxylic acids is 1. The molecule has 0 radical (unpaired) electrons. The van der Waals surface area contributed by atoms with Crippen molar-refractivity contribution in [2.24, 2.45) is 0 Å². The summed E-state index contributed by atoms with van der Waals surface area (Å²) in [5, 5.41) is 0.955. The Morgan fingerprint density at radius 1 is 0.952 bits per heavy atom. The van der Waals surface area contributed by atoms with E-state index in [1.54, 1.807) is 0 Å². The van der Waals surface area contributed by atoms with E-state index in [2.05, 4.69) is 0 Å². The van der Waals surface area contributed by atoms with E-state index >= 15 is 0 Å². The smallest absolute Gasteiger partial charge is 0.321 e. The summed E-state index contributed by atoms with van der Waals surface area (Å²) < 4.78 is 87.0. The predicted molar refractivity (Wildman–Crippen MR) is 61.0 cm³/mol. The molecule has 0 aliphatic carbocycles. The zero-order valence-electron chi connectivity index (χ0n) is 9.54. The molecule has 0 atom stereocenters. The van der Waals surface area contributed by atoms with Crippen molar-refractivity contribution in [3.8, 4) is 0 Å². The van der Waals surface area contributed by atoms with Crippen molar-refractivity contribution in [1.82, 2.24) is 0 Å². The van der Waals surface area contributed by atoms with Gasteiger partial charge in [-0.1, -0.05) is 23.2 Å². The summed E-state index contributed by atoms with van der Waals surface area (Å²) in [4.78, 5) is 11.0. The van der Waals surface area contributed by atoms with Crippen LogP contribution in [0.5, 0.6) is 0 Å². The molecule has 2 nitrogen and oxygen atoms in total. The minimum absolute atomic E-state index is 0.0398. The Labute approximate surface area is 122 Å². The van der Waals surface area contributed by atoms with Crippen LogP contribution in [0.2, 0.25) is 10.0 Å². The van der Waals surface area contributed by atoms with Crippen LogP contribution in [0.1, 0.15) is 0 Å². The van der Waals surface area contributed by atoms with Crippen molar-refractivity contribution < 1.29 is 35.5 Å². The van der Waals surface area contributed by atoms with Crippen LogP contribution in [0, 0.1) is 0 Å². The van der Waals surface area contributed by atoms with Crippen LogP contribution in [0.15, 0.2) is 18.2 Å². The lowest BCUT2D eigenvalue weighted by Crippen LogP contribution is -2.57. The molecule has 0 unspecified atom stereocenters. The summed E-state index contributed by atoms with van der Waals surface area (Å²) in [6, 6.07) is 2.73. The lowest BCUT2D eigenvalue weighted by atomic mass is 10.1. The fraction of sp³-hybridized carbons (Fsp3) is 0.300. The molecule has 0 aliphatic rings. The molecular formula is C10H4Cl2F7NO. The summed E-state index contributed by atoms with van der Waals surface area (Å²) in [6.45, 7) is 0. The molecule has 0 heterocycles. The number of rotatable bonds is 3. The summed E-state index contributed by atoms with van der Waals surface area (Å²) in [5.41, 5.74) is -0.521. The zero-order valence-corrected chi connectivity index (χ0v) is 11.1. The number of halogens is 9. The first-order chi connectivity index (χ1) is 9.30. The minimum atomic E-state index is -6.59. The molecule has 1 N–H and O–H groups in total. The first kappa shape index (κ1) is 17.8. The monoisotopic (exact) mass is 357 g/mol. The van der Waals surface area contributed by atoms with Crippen molar-refractivity contribution >= 4 is 34.8 Å². The number of alkyl halides is 7. The Kier molecular flexibility index (Phi) is 4.69. The van der Waals surface area contributed by atoms with E-state index in [-0.39, 0.29) is 10.0 Å². The molecule has 0 aliphatic heterocycles. The van der Waals surface area contributed by atoms with Gasteiger partial charge in [0.25, 0.3) is 0 Å². The Morgan fingerprint density at radius 2 is 1.48 bits per heavy atom. The number of anilines is 1. The van der Waals surface area contributed by atoms with E-state index in [4.69, 9.17) is 23.2 Å². The van der Waals surface area contributed by atoms with Gasteiger partial charge in [0.05, 0.1) is 10.0 Å². The molecule has 0 saturated heterocycles. The molecule has 21 heavy (non-hydrogen) atoms. The average Bonchev–Trinajstić information content (AvgIpc) is 2.32. The molecule has 0 fully saturated rings. The molecule has 1 aromatic rings. The lowest BCUT2D eigenvalue weighted by molar-refractivity contribution is -0.343. The topological polar surface area (TPSA) is 29.1 Å². The number of carbonyl (C=O) groups is 1. The van der Waals surface area contributed by atoms with Crippen molar-refractivity contribution in [3.63, 3.8) is 0 Å². The van der Waals surface area contributed by atoms with Gasteiger partial charge in [-0.15, -0.1) is 0 Å². The third-order valence-corrected chi connectivity index (χ3v) is 2.95. The van der Waals surface area contributed by atoms with E-state index in [1.165, 1.54) is 5.32 Å². The third-order valence-electron chi connectivity index (χ3n) is 2.21. The molecule has 0 bridgehead atoms. The number of benzene rings is 1. The van der Waals surface area contributed by atoms with Gasteiger partial charge in [0.2, 0.25) is 0 Å². The van der Waals surface area contributed by atoms with Crippen LogP contribution in [-0.4, -0.2) is 23.9 Å². The number of hydrogen-bond donors (Lipinski definition) is 1. The van der Waals surface area contributed by atoms with Crippen molar-refractivity contribution in [3.05, 3.63) is 28.2 Å². The summed E-state index contributed by atoms with van der Waals surface area (Å²) in [7, 11) is 0. The van der Waals surface area contributed by atoms with Gasteiger partial charge in [0.15, 0.2) is 0 Å². The molecule has 1 aromatic carbocycles. The van der Waals surface area contributed by atoms with Gasteiger partial charge in [-0.25, -0.2) is 0 Å². The van der Waals surface area contributed by atoms with E-state index in [9.17, 15) is 35.5 Å². The van der Waals surface area contributed by atoms with E-state index in [0.29, 0.717) is 0 Å². The maximum absolute atomic E-state index is 13.0. The fourth-order valence-corrected chi connectivity index (χ4v) is 1.40.